The van der Waals surface area contributed by atoms with Crippen molar-refractivity contribution in [2.45, 2.75) is 6.54 Å². The summed E-state index contributed by atoms with van der Waals surface area (Å²) in [4.78, 5) is 12.7. The largest absolute Gasteiger partial charge is 0.287 e. The molecule has 0 aliphatic heterocycles. The zero-order chi connectivity index (χ0) is 22.1. The second-order valence-corrected chi connectivity index (χ2v) is 8.51. The van der Waals surface area contributed by atoms with E-state index in [1.807, 2.05) is 54.6 Å². The standard InChI is InChI=1S/C21H16NO.F6P/c23-21(16-8-2-1-3-9-16)15-22-19-12-6-4-10-17(19)14-18-11-5-7-13-20(18)22;1-7(2,3,4,5)6/h1-14H,15H2;/q+1;-1. The van der Waals surface area contributed by atoms with Gasteiger partial charge in [-0.3, -0.25) is 4.79 Å². The molecule has 0 fully saturated rings. The van der Waals surface area contributed by atoms with Crippen molar-refractivity contribution in [3.63, 3.8) is 0 Å². The van der Waals surface area contributed by atoms with Gasteiger partial charge in [0.1, 0.15) is 0 Å². The molecule has 0 aliphatic rings. The molecule has 0 spiro atoms. The molecule has 9 heteroatoms. The van der Waals surface area contributed by atoms with E-state index < -0.39 is 7.81 Å². The summed E-state index contributed by atoms with van der Waals surface area (Å²) in [6.45, 7) is 0.339. The molecule has 0 saturated carbocycles. The van der Waals surface area contributed by atoms with Crippen LogP contribution in [-0.4, -0.2) is 5.78 Å². The Morgan fingerprint density at radius 2 is 1.07 bits per heavy atom. The topological polar surface area (TPSA) is 20.9 Å². The molecule has 30 heavy (non-hydrogen) atoms. The fraction of sp³-hybridized carbons (Fsp3) is 0.0476. The third-order valence-electron chi connectivity index (χ3n) is 4.16. The molecule has 1 aromatic heterocycles. The van der Waals surface area contributed by atoms with Crippen LogP contribution in [0.15, 0.2) is 84.9 Å². The second-order valence-electron chi connectivity index (χ2n) is 6.60. The smallest absolute Gasteiger partial charge is 0.227 e. The number of para-hydroxylation sites is 2. The van der Waals surface area contributed by atoms with E-state index in [2.05, 4.69) is 34.9 Å². The van der Waals surface area contributed by atoms with Crippen molar-refractivity contribution in [3.8, 4) is 0 Å². The van der Waals surface area contributed by atoms with E-state index in [1.54, 1.807) is 0 Å². The monoisotopic (exact) mass is 443 g/mol. The second kappa shape index (κ2) is 7.06. The van der Waals surface area contributed by atoms with Crippen LogP contribution in [0.3, 0.4) is 0 Å². The molecule has 0 saturated heterocycles. The quantitative estimate of drug-likeness (QED) is 0.105. The molecule has 0 amide bonds. The summed E-state index contributed by atoms with van der Waals surface area (Å²) in [6, 6.07) is 28.1. The molecule has 4 aromatic rings. The van der Waals surface area contributed by atoms with E-state index in [0.717, 1.165) is 27.4 Å². The van der Waals surface area contributed by atoms with E-state index in [9.17, 15) is 30.0 Å². The maximum atomic E-state index is 12.7. The zero-order valence-corrected chi connectivity index (χ0v) is 16.3. The fourth-order valence-electron chi connectivity index (χ4n) is 3.04. The van der Waals surface area contributed by atoms with Gasteiger partial charge in [-0.2, -0.15) is 4.57 Å². The van der Waals surface area contributed by atoms with Gasteiger partial charge in [-0.15, -0.1) is 0 Å². The maximum absolute atomic E-state index is 12.7. The fourth-order valence-corrected chi connectivity index (χ4v) is 3.04. The zero-order valence-electron chi connectivity index (χ0n) is 15.4. The Kier molecular flexibility index (Phi) is 5.11. The van der Waals surface area contributed by atoms with Gasteiger partial charge in [-0.25, -0.2) is 0 Å². The Balaban J connectivity index is 0.000000318. The van der Waals surface area contributed by atoms with Crippen molar-refractivity contribution in [1.29, 1.82) is 0 Å². The van der Waals surface area contributed by atoms with Gasteiger partial charge >= 0.3 is 33.0 Å². The molecule has 0 aliphatic carbocycles. The summed E-state index contributed by atoms with van der Waals surface area (Å²) >= 11 is 0. The SMILES string of the molecule is F[P-](F)(F)(F)(F)F.O=C(C[n+]1c2ccccc2cc2ccccc21)c1ccccc1. The number of nitrogens with zero attached hydrogens (tertiary/aromatic N) is 1. The van der Waals surface area contributed by atoms with Gasteiger partial charge in [0.2, 0.25) is 23.4 Å². The van der Waals surface area contributed by atoms with Crippen molar-refractivity contribution < 1.29 is 34.5 Å². The van der Waals surface area contributed by atoms with Gasteiger partial charge in [0, 0.05) is 28.5 Å². The van der Waals surface area contributed by atoms with Crippen LogP contribution < -0.4 is 4.57 Å². The number of fused-ring (bicyclic) bond motifs is 2. The van der Waals surface area contributed by atoms with Crippen molar-refractivity contribution in [2.24, 2.45) is 0 Å². The van der Waals surface area contributed by atoms with Crippen molar-refractivity contribution >= 4 is 35.4 Å². The normalized spacial score (nSPS) is 13.8. The number of ketones is 1. The first-order valence-corrected chi connectivity index (χ1v) is 10.8. The molecule has 0 radical (unpaired) electrons. The Hall–Kier alpha value is -2.99. The summed E-state index contributed by atoms with van der Waals surface area (Å²) in [5.41, 5.74) is 2.91. The van der Waals surface area contributed by atoms with Gasteiger partial charge < -0.3 is 0 Å². The molecule has 4 rings (SSSR count). The molecular formula is C21H16F6NOP. The Bertz CT molecular complexity index is 1160. The molecule has 2 nitrogen and oxygen atoms in total. The van der Waals surface area contributed by atoms with Crippen LogP contribution >= 0.6 is 7.81 Å². The number of halogens is 6. The van der Waals surface area contributed by atoms with Crippen LogP contribution in [0.2, 0.25) is 0 Å². The average molecular weight is 443 g/mol. The Labute approximate surface area is 167 Å². The molecular weight excluding hydrogens is 427 g/mol. The van der Waals surface area contributed by atoms with Crippen LogP contribution in [-0.2, 0) is 6.54 Å². The Morgan fingerprint density at radius 3 is 1.53 bits per heavy atom. The van der Waals surface area contributed by atoms with Gasteiger partial charge in [-0.1, -0.05) is 54.6 Å². The first-order valence-electron chi connectivity index (χ1n) is 8.73. The number of carbonyl (C=O) groups excluding carboxylic acids is 1. The molecule has 158 valence electrons. The van der Waals surface area contributed by atoms with E-state index in [4.69, 9.17) is 0 Å². The maximum Gasteiger partial charge on any atom is 0.227 e. The van der Waals surface area contributed by atoms with Crippen molar-refractivity contribution in [2.75, 3.05) is 0 Å². The van der Waals surface area contributed by atoms with Crippen LogP contribution in [0.4, 0.5) is 25.2 Å². The predicted octanol–water partition coefficient (Wildman–Crippen LogP) is 7.55. The molecule has 1 heterocycles. The van der Waals surface area contributed by atoms with E-state index >= 15 is 0 Å². The van der Waals surface area contributed by atoms with E-state index in [-0.39, 0.29) is 5.78 Å². The average Bonchev–Trinajstić information content (AvgIpc) is 2.66. The molecule has 0 atom stereocenters. The number of benzene rings is 3. The molecule has 0 unspecified atom stereocenters. The van der Waals surface area contributed by atoms with Crippen LogP contribution in [0, 0.1) is 0 Å². The number of rotatable bonds is 3. The van der Waals surface area contributed by atoms with Gasteiger partial charge in [0.05, 0.1) is 0 Å². The first-order chi connectivity index (χ1) is 13.8. The van der Waals surface area contributed by atoms with E-state index in [1.165, 1.54) is 0 Å². The van der Waals surface area contributed by atoms with Gasteiger partial charge in [0.25, 0.3) is 0 Å². The van der Waals surface area contributed by atoms with Crippen molar-refractivity contribution in [1.82, 2.24) is 0 Å². The molecule has 0 N–H and O–H groups in total. The summed E-state index contributed by atoms with van der Waals surface area (Å²) < 4.78 is 61.3. The summed E-state index contributed by atoms with van der Waals surface area (Å²) in [6.07, 6.45) is 0. The van der Waals surface area contributed by atoms with Gasteiger partial charge in [0.15, 0.2) is 0 Å². The summed E-state index contributed by atoms with van der Waals surface area (Å²) in [7, 11) is -10.7. The number of Topliss-reactive ketones (excluding diaryl/α,β-unsaturated/α-hetero) is 1. The molecule has 0 bridgehead atoms. The minimum absolute atomic E-state index is 0.122. The number of aromatic nitrogens is 1. The minimum Gasteiger partial charge on any atom is -0.287 e. The van der Waals surface area contributed by atoms with Crippen molar-refractivity contribution in [3.05, 3.63) is 90.5 Å². The Morgan fingerprint density at radius 1 is 0.667 bits per heavy atom. The minimum atomic E-state index is -10.7. The number of hydrogen-bond acceptors (Lipinski definition) is 1. The third kappa shape index (κ3) is 6.52. The first kappa shape index (κ1) is 21.7. The number of carbonyl (C=O) groups is 1. The number of pyridine rings is 1. The van der Waals surface area contributed by atoms with Crippen LogP contribution in [0.5, 0.6) is 0 Å². The van der Waals surface area contributed by atoms with E-state index in [0.29, 0.717) is 6.54 Å². The third-order valence-corrected chi connectivity index (χ3v) is 4.16. The van der Waals surface area contributed by atoms with Gasteiger partial charge in [-0.05, 0) is 18.2 Å². The molecule has 3 aromatic carbocycles. The van der Waals surface area contributed by atoms with Crippen LogP contribution in [0.1, 0.15) is 10.4 Å². The summed E-state index contributed by atoms with van der Waals surface area (Å²) in [5, 5.41) is 2.29. The number of hydrogen-bond donors (Lipinski definition) is 0. The van der Waals surface area contributed by atoms with Crippen LogP contribution in [0.25, 0.3) is 21.8 Å². The summed E-state index contributed by atoms with van der Waals surface area (Å²) in [5.74, 6) is 0.122. The predicted molar refractivity (Wildman–Crippen MR) is 106 cm³/mol.